The van der Waals surface area contributed by atoms with Crippen LogP contribution < -0.4 is 4.72 Å². The van der Waals surface area contributed by atoms with Crippen molar-refractivity contribution >= 4 is 41.8 Å². The number of carbonyl (C=O) groups is 1. The van der Waals surface area contributed by atoms with Crippen LogP contribution in [-0.2, 0) is 4.79 Å². The van der Waals surface area contributed by atoms with E-state index >= 15 is 0 Å². The van der Waals surface area contributed by atoms with Crippen molar-refractivity contribution in [3.05, 3.63) is 24.0 Å². The van der Waals surface area contributed by atoms with E-state index in [9.17, 15) is 4.79 Å². The summed E-state index contributed by atoms with van der Waals surface area (Å²) >= 11 is 6.53. The second-order valence-electron chi connectivity index (χ2n) is 2.92. The minimum atomic E-state index is -0.142. The largest absolute Gasteiger partial charge is 0.302 e. The first-order chi connectivity index (χ1) is 8.29. The smallest absolute Gasteiger partial charge is 0.240 e. The van der Waals surface area contributed by atoms with E-state index in [0.29, 0.717) is 5.75 Å². The molecule has 2 aromatic heterocycles. The number of thioether (sulfide) groups is 1. The molecule has 88 valence electrons. The lowest BCUT2D eigenvalue weighted by Gasteiger charge is -1.95. The molecular formula is C9H8N4OS3. The molecule has 2 heterocycles. The number of nitrogens with one attached hydrogen (secondary N) is 1. The van der Waals surface area contributed by atoms with E-state index in [-0.39, 0.29) is 5.91 Å². The van der Waals surface area contributed by atoms with Crippen LogP contribution in [-0.4, -0.2) is 26.6 Å². The molecule has 0 aliphatic carbocycles. The molecule has 17 heavy (non-hydrogen) atoms. The van der Waals surface area contributed by atoms with Gasteiger partial charge in [0.05, 0.1) is 11.4 Å². The third kappa shape index (κ3) is 3.42. The number of carbonyl (C=O) groups excluding carboxylic acids is 1. The zero-order valence-corrected chi connectivity index (χ0v) is 11.1. The molecule has 1 amide bonds. The van der Waals surface area contributed by atoms with Gasteiger partial charge in [-0.25, -0.2) is 15.0 Å². The van der Waals surface area contributed by atoms with Gasteiger partial charge >= 0.3 is 0 Å². The first-order valence-corrected chi connectivity index (χ1v) is 6.88. The Kier molecular flexibility index (Phi) is 4.35. The SMILES string of the molecule is O=C(CSc1nc(-c2ccncn2)cs1)NS. The lowest BCUT2D eigenvalue weighted by molar-refractivity contribution is -0.116. The van der Waals surface area contributed by atoms with Crippen LogP contribution >= 0.6 is 35.9 Å². The van der Waals surface area contributed by atoms with Gasteiger partial charge in [-0.1, -0.05) is 24.6 Å². The minimum absolute atomic E-state index is 0.142. The highest BCUT2D eigenvalue weighted by atomic mass is 32.2. The monoisotopic (exact) mass is 284 g/mol. The zero-order chi connectivity index (χ0) is 12.1. The van der Waals surface area contributed by atoms with Crippen molar-refractivity contribution in [3.8, 4) is 11.4 Å². The van der Waals surface area contributed by atoms with Crippen molar-refractivity contribution in [2.45, 2.75) is 4.34 Å². The van der Waals surface area contributed by atoms with E-state index in [1.807, 2.05) is 5.38 Å². The Morgan fingerprint density at radius 3 is 3.12 bits per heavy atom. The average Bonchev–Trinajstić information content (AvgIpc) is 2.86. The molecule has 0 bridgehead atoms. The van der Waals surface area contributed by atoms with Crippen LogP contribution in [0, 0.1) is 0 Å². The number of thiol groups is 1. The summed E-state index contributed by atoms with van der Waals surface area (Å²) < 4.78 is 3.09. The van der Waals surface area contributed by atoms with E-state index in [2.05, 4.69) is 32.5 Å². The molecule has 0 aromatic carbocycles. The van der Waals surface area contributed by atoms with Crippen molar-refractivity contribution in [1.82, 2.24) is 19.7 Å². The first-order valence-electron chi connectivity index (χ1n) is 4.57. The van der Waals surface area contributed by atoms with Crippen molar-refractivity contribution in [2.24, 2.45) is 0 Å². The van der Waals surface area contributed by atoms with E-state index in [1.165, 1.54) is 29.4 Å². The maximum Gasteiger partial charge on any atom is 0.240 e. The fraction of sp³-hybridized carbons (Fsp3) is 0.111. The summed E-state index contributed by atoms with van der Waals surface area (Å²) in [5.74, 6) is 0.164. The Morgan fingerprint density at radius 1 is 1.53 bits per heavy atom. The van der Waals surface area contributed by atoms with Gasteiger partial charge in [0.2, 0.25) is 5.91 Å². The summed E-state index contributed by atoms with van der Waals surface area (Å²) in [6, 6.07) is 1.80. The Bertz CT molecular complexity index is 502. The number of amides is 1. The highest BCUT2D eigenvalue weighted by Gasteiger charge is 2.07. The average molecular weight is 284 g/mol. The summed E-state index contributed by atoms with van der Waals surface area (Å²) in [5.41, 5.74) is 1.58. The number of hydrogen-bond acceptors (Lipinski definition) is 7. The third-order valence-corrected chi connectivity index (χ3v) is 4.05. The molecule has 0 fully saturated rings. The number of nitrogens with zero attached hydrogens (tertiary/aromatic N) is 3. The molecule has 0 saturated carbocycles. The predicted molar refractivity (Wildman–Crippen MR) is 71.0 cm³/mol. The Labute approximate surface area is 112 Å². The second-order valence-corrected chi connectivity index (χ2v) is 5.22. The highest BCUT2D eigenvalue weighted by Crippen LogP contribution is 2.26. The normalized spacial score (nSPS) is 10.2. The summed E-state index contributed by atoms with van der Waals surface area (Å²) in [5, 5.41) is 1.91. The Balaban J connectivity index is 2.04. The molecule has 0 spiro atoms. The lowest BCUT2D eigenvalue weighted by Crippen LogP contribution is -2.14. The van der Waals surface area contributed by atoms with Gasteiger partial charge in [-0.3, -0.25) is 4.79 Å². The summed E-state index contributed by atoms with van der Waals surface area (Å²) in [7, 11) is 0. The van der Waals surface area contributed by atoms with E-state index in [4.69, 9.17) is 0 Å². The molecule has 0 radical (unpaired) electrons. The van der Waals surface area contributed by atoms with Gasteiger partial charge in [-0.05, 0) is 6.07 Å². The topological polar surface area (TPSA) is 67.8 Å². The maximum atomic E-state index is 11.0. The van der Waals surface area contributed by atoms with E-state index < -0.39 is 0 Å². The van der Waals surface area contributed by atoms with Crippen molar-refractivity contribution in [2.75, 3.05) is 5.75 Å². The third-order valence-electron chi connectivity index (χ3n) is 1.78. The van der Waals surface area contributed by atoms with Crippen molar-refractivity contribution in [1.29, 1.82) is 0 Å². The summed E-state index contributed by atoms with van der Waals surface area (Å²) in [6.07, 6.45) is 3.15. The molecule has 2 aromatic rings. The van der Waals surface area contributed by atoms with Crippen LogP contribution in [0.5, 0.6) is 0 Å². The number of aromatic nitrogens is 3. The van der Waals surface area contributed by atoms with Crippen molar-refractivity contribution in [3.63, 3.8) is 0 Å². The second kappa shape index (κ2) is 5.99. The maximum absolute atomic E-state index is 11.0. The number of thiazole rings is 1. The van der Waals surface area contributed by atoms with Gasteiger partial charge in [0.25, 0.3) is 0 Å². The molecule has 0 atom stereocenters. The molecule has 1 N–H and O–H groups in total. The van der Waals surface area contributed by atoms with E-state index in [1.54, 1.807) is 12.3 Å². The zero-order valence-electron chi connectivity index (χ0n) is 8.53. The van der Waals surface area contributed by atoms with Gasteiger partial charge in [0.1, 0.15) is 12.0 Å². The first kappa shape index (κ1) is 12.3. The van der Waals surface area contributed by atoms with Gasteiger partial charge in [-0.2, -0.15) is 0 Å². The Morgan fingerprint density at radius 2 is 2.41 bits per heavy atom. The van der Waals surface area contributed by atoms with Gasteiger partial charge in [-0.15, -0.1) is 11.3 Å². The number of rotatable bonds is 4. The predicted octanol–water partition coefficient (Wildman–Crippen LogP) is 1.65. The fourth-order valence-electron chi connectivity index (χ4n) is 1.04. The van der Waals surface area contributed by atoms with Crippen LogP contribution in [0.4, 0.5) is 0 Å². The molecule has 0 unspecified atom stereocenters. The van der Waals surface area contributed by atoms with Crippen LogP contribution in [0.25, 0.3) is 11.4 Å². The summed E-state index contributed by atoms with van der Waals surface area (Å²) in [4.78, 5) is 23.3. The van der Waals surface area contributed by atoms with Crippen LogP contribution in [0.15, 0.2) is 28.3 Å². The molecule has 0 aliphatic heterocycles. The fourth-order valence-corrected chi connectivity index (χ4v) is 2.85. The van der Waals surface area contributed by atoms with Gasteiger partial charge < -0.3 is 4.72 Å². The van der Waals surface area contributed by atoms with Crippen LogP contribution in [0.2, 0.25) is 0 Å². The van der Waals surface area contributed by atoms with Gasteiger partial charge in [0, 0.05) is 11.6 Å². The standard InChI is InChI=1S/C9H8N4OS3/c14-8(13-15)4-17-9-12-7(3-16-9)6-1-2-10-5-11-6/h1-3,5,15H,4H2,(H,13,14). The molecule has 5 nitrogen and oxygen atoms in total. The number of hydrogen-bond donors (Lipinski definition) is 2. The molecule has 8 heteroatoms. The molecule has 0 aliphatic rings. The summed E-state index contributed by atoms with van der Waals surface area (Å²) in [6.45, 7) is 0. The Hall–Kier alpha value is -1.12. The van der Waals surface area contributed by atoms with E-state index in [0.717, 1.165) is 15.7 Å². The molecular weight excluding hydrogens is 276 g/mol. The highest BCUT2D eigenvalue weighted by molar-refractivity contribution is 8.01. The van der Waals surface area contributed by atoms with Gasteiger partial charge in [0.15, 0.2) is 4.34 Å². The lowest BCUT2D eigenvalue weighted by atomic mass is 10.3. The molecule has 2 rings (SSSR count). The van der Waals surface area contributed by atoms with Crippen LogP contribution in [0.1, 0.15) is 0 Å². The minimum Gasteiger partial charge on any atom is -0.302 e. The van der Waals surface area contributed by atoms with Crippen LogP contribution in [0.3, 0.4) is 0 Å². The van der Waals surface area contributed by atoms with Crippen molar-refractivity contribution < 1.29 is 4.79 Å². The molecule has 0 saturated heterocycles. The quantitative estimate of drug-likeness (QED) is 0.660.